The maximum atomic E-state index is 4.52. The molecular weight excluding hydrogens is 226 g/mol. The van der Waals surface area contributed by atoms with Crippen molar-refractivity contribution in [2.75, 3.05) is 11.9 Å². The third-order valence-corrected chi connectivity index (χ3v) is 3.57. The Morgan fingerprint density at radius 1 is 1.50 bits per heavy atom. The Bertz CT molecular complexity index is 547. The van der Waals surface area contributed by atoms with Crippen molar-refractivity contribution in [3.63, 3.8) is 0 Å². The number of rotatable bonds is 2. The van der Waals surface area contributed by atoms with E-state index in [0.29, 0.717) is 12.1 Å². The van der Waals surface area contributed by atoms with E-state index >= 15 is 0 Å². The molecule has 0 radical (unpaired) electrons. The molecule has 2 aromatic rings. The lowest BCUT2D eigenvalue weighted by molar-refractivity contribution is 0.388. The fraction of sp³-hybridized carbons (Fsp3) is 0.538. The smallest absolute Gasteiger partial charge is 0.243 e. The van der Waals surface area contributed by atoms with Crippen LogP contribution in [0, 0.1) is 6.92 Å². The van der Waals surface area contributed by atoms with Crippen LogP contribution in [-0.2, 0) is 0 Å². The van der Waals surface area contributed by atoms with Crippen molar-refractivity contribution in [2.24, 2.45) is 0 Å². The van der Waals surface area contributed by atoms with Crippen LogP contribution in [0.5, 0.6) is 0 Å². The van der Waals surface area contributed by atoms with E-state index in [0.717, 1.165) is 18.1 Å². The van der Waals surface area contributed by atoms with Gasteiger partial charge in [-0.15, -0.1) is 5.10 Å². The molecule has 2 N–H and O–H groups in total. The minimum atomic E-state index is 0.414. The molecule has 3 rings (SSSR count). The number of hydrogen-bond donors (Lipinski definition) is 2. The summed E-state index contributed by atoms with van der Waals surface area (Å²) in [4.78, 5) is 4.52. The zero-order valence-corrected chi connectivity index (χ0v) is 10.8. The van der Waals surface area contributed by atoms with Crippen molar-refractivity contribution in [2.45, 2.75) is 38.8 Å². The number of aromatic nitrogens is 3. The summed E-state index contributed by atoms with van der Waals surface area (Å²) in [7, 11) is 0. The SMILES string of the molecule is Cc1ccn2nc(NC3CCCNC3C)nc2c1. The first-order chi connectivity index (χ1) is 8.72. The first-order valence-corrected chi connectivity index (χ1v) is 6.55. The zero-order valence-electron chi connectivity index (χ0n) is 10.8. The van der Waals surface area contributed by atoms with E-state index in [1.54, 1.807) is 0 Å². The van der Waals surface area contributed by atoms with Crippen molar-refractivity contribution in [1.29, 1.82) is 0 Å². The molecule has 96 valence electrons. The Hall–Kier alpha value is -1.62. The van der Waals surface area contributed by atoms with Crippen LogP contribution in [0.15, 0.2) is 18.3 Å². The highest BCUT2D eigenvalue weighted by Gasteiger charge is 2.21. The predicted molar refractivity (Wildman–Crippen MR) is 71.8 cm³/mol. The molecule has 0 amide bonds. The molecule has 2 atom stereocenters. The van der Waals surface area contributed by atoms with Gasteiger partial charge in [-0.2, -0.15) is 4.98 Å². The van der Waals surface area contributed by atoms with Gasteiger partial charge >= 0.3 is 0 Å². The summed E-state index contributed by atoms with van der Waals surface area (Å²) >= 11 is 0. The van der Waals surface area contributed by atoms with Gasteiger partial charge in [0.1, 0.15) is 0 Å². The van der Waals surface area contributed by atoms with Crippen molar-refractivity contribution in [3.05, 3.63) is 23.9 Å². The molecule has 1 saturated heterocycles. The van der Waals surface area contributed by atoms with Gasteiger partial charge in [0.2, 0.25) is 5.95 Å². The van der Waals surface area contributed by atoms with Crippen LogP contribution in [0.25, 0.3) is 5.65 Å². The van der Waals surface area contributed by atoms with E-state index in [2.05, 4.69) is 34.6 Å². The number of aryl methyl sites for hydroxylation is 1. The van der Waals surface area contributed by atoms with Crippen LogP contribution < -0.4 is 10.6 Å². The Morgan fingerprint density at radius 2 is 2.39 bits per heavy atom. The topological polar surface area (TPSA) is 54.2 Å². The number of nitrogens with one attached hydrogen (secondary N) is 2. The highest BCUT2D eigenvalue weighted by molar-refractivity contribution is 5.45. The molecule has 3 heterocycles. The summed E-state index contributed by atoms with van der Waals surface area (Å²) in [5.74, 6) is 0.723. The number of pyridine rings is 1. The van der Waals surface area contributed by atoms with E-state index < -0.39 is 0 Å². The van der Waals surface area contributed by atoms with Crippen molar-refractivity contribution < 1.29 is 0 Å². The standard InChI is InChI=1S/C13H19N5/c1-9-5-7-18-12(8-9)16-13(17-18)15-11-4-3-6-14-10(11)2/h5,7-8,10-11,14H,3-4,6H2,1-2H3,(H,15,17). The Balaban J connectivity index is 1.81. The molecule has 0 aliphatic carbocycles. The molecule has 5 nitrogen and oxygen atoms in total. The monoisotopic (exact) mass is 245 g/mol. The van der Waals surface area contributed by atoms with E-state index in [4.69, 9.17) is 0 Å². The minimum Gasteiger partial charge on any atom is -0.349 e. The summed E-state index contributed by atoms with van der Waals surface area (Å²) in [6, 6.07) is 4.96. The quantitative estimate of drug-likeness (QED) is 0.843. The average molecular weight is 245 g/mol. The fourth-order valence-electron chi connectivity index (χ4n) is 2.45. The lowest BCUT2D eigenvalue weighted by Crippen LogP contribution is -2.46. The Morgan fingerprint density at radius 3 is 3.22 bits per heavy atom. The highest BCUT2D eigenvalue weighted by atomic mass is 15.3. The molecule has 1 aliphatic heterocycles. The molecule has 0 aromatic carbocycles. The van der Waals surface area contributed by atoms with Gasteiger partial charge in [0, 0.05) is 18.3 Å². The number of nitrogens with zero attached hydrogens (tertiary/aromatic N) is 3. The van der Waals surface area contributed by atoms with E-state index in [1.165, 1.54) is 18.4 Å². The molecule has 0 spiro atoms. The molecule has 0 saturated carbocycles. The van der Waals surface area contributed by atoms with Gasteiger partial charge in [-0.3, -0.25) is 0 Å². The van der Waals surface area contributed by atoms with Gasteiger partial charge in [0.25, 0.3) is 0 Å². The van der Waals surface area contributed by atoms with Crippen molar-refractivity contribution in [1.82, 2.24) is 19.9 Å². The van der Waals surface area contributed by atoms with Crippen LogP contribution in [0.4, 0.5) is 5.95 Å². The van der Waals surface area contributed by atoms with E-state index in [1.807, 2.05) is 22.8 Å². The van der Waals surface area contributed by atoms with Crippen LogP contribution in [0.1, 0.15) is 25.3 Å². The van der Waals surface area contributed by atoms with Crippen LogP contribution >= 0.6 is 0 Å². The van der Waals surface area contributed by atoms with Crippen LogP contribution in [0.2, 0.25) is 0 Å². The van der Waals surface area contributed by atoms with Crippen molar-refractivity contribution >= 4 is 11.6 Å². The third-order valence-electron chi connectivity index (χ3n) is 3.57. The molecule has 5 heteroatoms. The molecular formula is C13H19N5. The maximum Gasteiger partial charge on any atom is 0.243 e. The summed E-state index contributed by atoms with van der Waals surface area (Å²) in [5.41, 5.74) is 2.10. The number of hydrogen-bond acceptors (Lipinski definition) is 4. The average Bonchev–Trinajstić information content (AvgIpc) is 2.73. The van der Waals surface area contributed by atoms with Gasteiger partial charge in [-0.1, -0.05) is 0 Å². The van der Waals surface area contributed by atoms with Gasteiger partial charge < -0.3 is 10.6 Å². The molecule has 2 unspecified atom stereocenters. The maximum absolute atomic E-state index is 4.52. The molecule has 1 fully saturated rings. The second kappa shape index (κ2) is 4.57. The van der Waals surface area contributed by atoms with Gasteiger partial charge in [0.05, 0.1) is 0 Å². The van der Waals surface area contributed by atoms with E-state index in [9.17, 15) is 0 Å². The van der Waals surface area contributed by atoms with Crippen LogP contribution in [-0.4, -0.2) is 33.2 Å². The first-order valence-electron chi connectivity index (χ1n) is 6.55. The second-order valence-electron chi connectivity index (χ2n) is 5.08. The van der Waals surface area contributed by atoms with Crippen molar-refractivity contribution in [3.8, 4) is 0 Å². The molecule has 0 bridgehead atoms. The summed E-state index contributed by atoms with van der Waals surface area (Å²) in [6.45, 7) is 5.38. The lowest BCUT2D eigenvalue weighted by Gasteiger charge is -2.30. The first kappa shape index (κ1) is 11.5. The Labute approximate surface area is 107 Å². The van der Waals surface area contributed by atoms with Gasteiger partial charge in [-0.25, -0.2) is 4.52 Å². The fourth-order valence-corrected chi connectivity index (χ4v) is 2.45. The van der Waals surface area contributed by atoms with E-state index in [-0.39, 0.29) is 0 Å². The summed E-state index contributed by atoms with van der Waals surface area (Å²) in [6.07, 6.45) is 4.32. The number of fused-ring (bicyclic) bond motifs is 1. The summed E-state index contributed by atoms with van der Waals surface area (Å²) in [5, 5.41) is 11.4. The third kappa shape index (κ3) is 2.18. The molecule has 1 aliphatic rings. The highest BCUT2D eigenvalue weighted by Crippen LogP contribution is 2.14. The van der Waals surface area contributed by atoms with Crippen LogP contribution in [0.3, 0.4) is 0 Å². The largest absolute Gasteiger partial charge is 0.349 e. The second-order valence-corrected chi connectivity index (χ2v) is 5.08. The van der Waals surface area contributed by atoms with Gasteiger partial charge in [0.15, 0.2) is 5.65 Å². The normalized spacial score (nSPS) is 24.3. The number of piperidine rings is 1. The number of anilines is 1. The van der Waals surface area contributed by atoms with Gasteiger partial charge in [-0.05, 0) is 50.9 Å². The lowest BCUT2D eigenvalue weighted by atomic mass is 10.0. The minimum absolute atomic E-state index is 0.414. The molecule has 18 heavy (non-hydrogen) atoms. The Kier molecular flexibility index (Phi) is 2.91. The predicted octanol–water partition coefficient (Wildman–Crippen LogP) is 1.59. The zero-order chi connectivity index (χ0) is 12.5. The molecule has 2 aromatic heterocycles. The summed E-state index contributed by atoms with van der Waals surface area (Å²) < 4.78 is 1.82.